The van der Waals surface area contributed by atoms with E-state index in [1.165, 1.54) is 11.8 Å². The molecule has 0 unspecified atom stereocenters. The van der Waals surface area contributed by atoms with Crippen LogP contribution in [0.25, 0.3) is 10.7 Å². The highest BCUT2D eigenvalue weighted by Crippen LogP contribution is 2.41. The van der Waals surface area contributed by atoms with Crippen LogP contribution in [0.2, 0.25) is 0 Å². The van der Waals surface area contributed by atoms with Gasteiger partial charge in [-0.2, -0.15) is 5.26 Å². The number of carbonyl (C=O) groups is 1. The van der Waals surface area contributed by atoms with Crippen molar-refractivity contribution in [1.29, 1.82) is 5.26 Å². The Hall–Kier alpha value is -2.61. The third-order valence-electron chi connectivity index (χ3n) is 5.58. The second-order valence-electron chi connectivity index (χ2n) is 7.77. The fraction of sp³-hybridized carbons (Fsp3) is 0.455. The molecule has 1 aliphatic rings. The van der Waals surface area contributed by atoms with Gasteiger partial charge in [-0.15, -0.1) is 21.5 Å². The minimum atomic E-state index is -0.167. The van der Waals surface area contributed by atoms with Gasteiger partial charge in [0.15, 0.2) is 11.0 Å². The zero-order valence-corrected chi connectivity index (χ0v) is 20.1. The molecule has 1 fully saturated rings. The average Bonchev–Trinajstić information content (AvgIpc) is 3.22. The zero-order chi connectivity index (χ0) is 22.7. The SMILES string of the molecule is COCCCn1c(C)c(C)c(C#N)c1NC(=O)CSc1nnc(-c2cccs2)n1C1CC1. The third-order valence-corrected chi connectivity index (χ3v) is 7.39. The Balaban J connectivity index is 1.49. The first-order valence-corrected chi connectivity index (χ1v) is 12.4. The van der Waals surface area contributed by atoms with Gasteiger partial charge >= 0.3 is 0 Å². The molecular weight excluding hydrogens is 444 g/mol. The van der Waals surface area contributed by atoms with Crippen LogP contribution in [0.15, 0.2) is 22.7 Å². The number of nitrogens with one attached hydrogen (secondary N) is 1. The first kappa shape index (κ1) is 22.6. The number of thiophene rings is 1. The smallest absolute Gasteiger partial charge is 0.235 e. The van der Waals surface area contributed by atoms with E-state index in [0.29, 0.717) is 30.6 Å². The highest BCUT2D eigenvalue weighted by molar-refractivity contribution is 7.99. The highest BCUT2D eigenvalue weighted by atomic mass is 32.2. The van der Waals surface area contributed by atoms with Crippen molar-refractivity contribution in [2.24, 2.45) is 0 Å². The molecule has 32 heavy (non-hydrogen) atoms. The number of methoxy groups -OCH3 is 1. The maximum Gasteiger partial charge on any atom is 0.235 e. The number of amides is 1. The maximum atomic E-state index is 12.9. The maximum absolute atomic E-state index is 12.9. The van der Waals surface area contributed by atoms with Gasteiger partial charge in [-0.1, -0.05) is 17.8 Å². The largest absolute Gasteiger partial charge is 0.385 e. The first-order valence-electron chi connectivity index (χ1n) is 10.5. The van der Waals surface area contributed by atoms with E-state index in [-0.39, 0.29) is 11.7 Å². The van der Waals surface area contributed by atoms with Crippen LogP contribution in [0.3, 0.4) is 0 Å². The molecule has 0 radical (unpaired) electrons. The number of hydrogen-bond acceptors (Lipinski definition) is 7. The van der Waals surface area contributed by atoms with Gasteiger partial charge in [-0.05, 0) is 50.1 Å². The van der Waals surface area contributed by atoms with Crippen LogP contribution in [-0.2, 0) is 16.1 Å². The molecule has 1 N–H and O–H groups in total. The minimum absolute atomic E-state index is 0.167. The van der Waals surface area contributed by atoms with Crippen molar-refractivity contribution in [1.82, 2.24) is 19.3 Å². The monoisotopic (exact) mass is 470 g/mol. The van der Waals surface area contributed by atoms with Gasteiger partial charge < -0.3 is 14.6 Å². The summed E-state index contributed by atoms with van der Waals surface area (Å²) >= 11 is 3.02. The summed E-state index contributed by atoms with van der Waals surface area (Å²) in [5, 5.41) is 24.2. The Kier molecular flexibility index (Phi) is 6.98. The summed E-state index contributed by atoms with van der Waals surface area (Å²) < 4.78 is 9.31. The Morgan fingerprint density at radius 1 is 1.41 bits per heavy atom. The van der Waals surface area contributed by atoms with E-state index < -0.39 is 0 Å². The van der Waals surface area contributed by atoms with Crippen LogP contribution >= 0.6 is 23.1 Å². The van der Waals surface area contributed by atoms with Crippen LogP contribution in [0.5, 0.6) is 0 Å². The van der Waals surface area contributed by atoms with E-state index >= 15 is 0 Å². The van der Waals surface area contributed by atoms with Crippen molar-refractivity contribution in [3.8, 4) is 16.8 Å². The summed E-state index contributed by atoms with van der Waals surface area (Å²) in [7, 11) is 1.67. The average molecular weight is 471 g/mol. The molecule has 3 aromatic rings. The Morgan fingerprint density at radius 3 is 2.88 bits per heavy atom. The number of nitriles is 1. The van der Waals surface area contributed by atoms with Gasteiger partial charge in [-0.3, -0.25) is 9.36 Å². The zero-order valence-electron chi connectivity index (χ0n) is 18.4. The molecule has 3 heterocycles. The van der Waals surface area contributed by atoms with E-state index in [0.717, 1.165) is 46.4 Å². The topological polar surface area (TPSA) is 97.8 Å². The highest BCUT2D eigenvalue weighted by Gasteiger charge is 2.30. The fourth-order valence-corrected chi connectivity index (χ4v) is 5.20. The van der Waals surface area contributed by atoms with Crippen LogP contribution in [-0.4, -0.2) is 44.7 Å². The van der Waals surface area contributed by atoms with Crippen molar-refractivity contribution < 1.29 is 9.53 Å². The second kappa shape index (κ2) is 9.90. The van der Waals surface area contributed by atoms with Crippen LogP contribution in [0, 0.1) is 25.2 Å². The number of carbonyl (C=O) groups excluding carboxylic acids is 1. The van der Waals surface area contributed by atoms with Crippen molar-refractivity contribution in [3.63, 3.8) is 0 Å². The predicted molar refractivity (Wildman–Crippen MR) is 126 cm³/mol. The van der Waals surface area contributed by atoms with Crippen molar-refractivity contribution in [2.45, 2.75) is 50.9 Å². The summed E-state index contributed by atoms with van der Waals surface area (Å²) in [5.74, 6) is 1.46. The van der Waals surface area contributed by atoms with E-state index in [9.17, 15) is 10.1 Å². The van der Waals surface area contributed by atoms with Gasteiger partial charge in [0.1, 0.15) is 11.9 Å². The summed E-state index contributed by atoms with van der Waals surface area (Å²) in [5.41, 5.74) is 2.39. The van der Waals surface area contributed by atoms with E-state index in [2.05, 4.69) is 26.2 Å². The lowest BCUT2D eigenvalue weighted by atomic mass is 10.2. The number of ether oxygens (including phenoxy) is 1. The van der Waals surface area contributed by atoms with Crippen molar-refractivity contribution in [3.05, 3.63) is 34.3 Å². The number of aromatic nitrogens is 4. The van der Waals surface area contributed by atoms with E-state index in [1.807, 2.05) is 35.9 Å². The number of thioether (sulfide) groups is 1. The Labute approximate surface area is 195 Å². The molecule has 0 aliphatic heterocycles. The molecule has 3 aromatic heterocycles. The molecule has 0 bridgehead atoms. The number of hydrogen-bond donors (Lipinski definition) is 1. The van der Waals surface area contributed by atoms with Gasteiger partial charge in [-0.25, -0.2) is 0 Å². The predicted octanol–water partition coefficient (Wildman–Crippen LogP) is 4.40. The number of anilines is 1. The Bertz CT molecular complexity index is 1140. The minimum Gasteiger partial charge on any atom is -0.385 e. The summed E-state index contributed by atoms with van der Waals surface area (Å²) in [4.78, 5) is 13.9. The molecule has 10 heteroatoms. The first-order chi connectivity index (χ1) is 15.5. The number of nitrogens with zero attached hydrogens (tertiary/aromatic N) is 5. The molecule has 8 nitrogen and oxygen atoms in total. The summed E-state index contributed by atoms with van der Waals surface area (Å²) in [6, 6.07) is 6.70. The quantitative estimate of drug-likeness (QED) is 0.348. The standard InChI is InChI=1S/C22H26N6O2S2/c1-14-15(2)27(9-5-10-30-3)20(17(14)12-23)24-19(29)13-32-22-26-25-21(18-6-4-11-31-18)28(22)16-7-8-16/h4,6,11,16H,5,7-10,13H2,1-3H3,(H,24,29). The number of rotatable bonds is 10. The summed E-state index contributed by atoms with van der Waals surface area (Å²) in [6.45, 7) is 5.17. The molecule has 0 saturated heterocycles. The lowest BCUT2D eigenvalue weighted by molar-refractivity contribution is -0.113. The molecule has 0 aromatic carbocycles. The lowest BCUT2D eigenvalue weighted by Crippen LogP contribution is -2.19. The van der Waals surface area contributed by atoms with Crippen LogP contribution < -0.4 is 5.32 Å². The third kappa shape index (κ3) is 4.60. The lowest BCUT2D eigenvalue weighted by Gasteiger charge is -2.13. The van der Waals surface area contributed by atoms with E-state index in [1.54, 1.807) is 18.4 Å². The molecule has 168 valence electrons. The second-order valence-corrected chi connectivity index (χ2v) is 9.66. The van der Waals surface area contributed by atoms with Gasteiger partial charge in [0.05, 0.1) is 16.2 Å². The van der Waals surface area contributed by atoms with Crippen molar-refractivity contribution in [2.75, 3.05) is 24.8 Å². The normalized spacial score (nSPS) is 13.3. The Morgan fingerprint density at radius 2 is 2.22 bits per heavy atom. The van der Waals surface area contributed by atoms with Crippen molar-refractivity contribution >= 4 is 34.8 Å². The fourth-order valence-electron chi connectivity index (χ4n) is 3.69. The van der Waals surface area contributed by atoms with Gasteiger partial charge in [0, 0.05) is 32.0 Å². The molecule has 1 amide bonds. The van der Waals surface area contributed by atoms with Gasteiger partial charge in [0.2, 0.25) is 5.91 Å². The molecule has 1 saturated carbocycles. The van der Waals surface area contributed by atoms with Crippen LogP contribution in [0.1, 0.15) is 42.1 Å². The molecular formula is C22H26N6O2S2. The van der Waals surface area contributed by atoms with Crippen LogP contribution in [0.4, 0.5) is 5.82 Å². The molecule has 4 rings (SSSR count). The molecule has 0 atom stereocenters. The molecule has 1 aliphatic carbocycles. The van der Waals surface area contributed by atoms with Gasteiger partial charge in [0.25, 0.3) is 0 Å². The van der Waals surface area contributed by atoms with E-state index in [4.69, 9.17) is 4.74 Å². The summed E-state index contributed by atoms with van der Waals surface area (Å²) in [6.07, 6.45) is 3.01. The molecule has 0 spiro atoms.